The number of nitrogens with one attached hydrogen (secondary N) is 1. The molecule has 0 heterocycles. The van der Waals surface area contributed by atoms with Gasteiger partial charge in [0.15, 0.2) is 5.78 Å². The Morgan fingerprint density at radius 3 is 2.40 bits per heavy atom. The van der Waals surface area contributed by atoms with Crippen LogP contribution in [0.4, 0.5) is 0 Å². The molecule has 0 aliphatic carbocycles. The van der Waals surface area contributed by atoms with E-state index < -0.39 is 0 Å². The Labute approximate surface area is 124 Å². The molecule has 0 aromatic heterocycles. The van der Waals surface area contributed by atoms with Gasteiger partial charge in [-0.05, 0) is 43.2 Å². The van der Waals surface area contributed by atoms with Crippen molar-refractivity contribution in [2.45, 2.75) is 19.4 Å². The number of halogens is 1. The predicted octanol–water partition coefficient (Wildman–Crippen LogP) is 3.74. The largest absolute Gasteiger partial charge is 0.307 e. The molecule has 0 radical (unpaired) electrons. The zero-order chi connectivity index (χ0) is 14.4. The molecule has 0 aliphatic heterocycles. The van der Waals surface area contributed by atoms with Crippen molar-refractivity contribution in [2.75, 3.05) is 6.54 Å². The lowest BCUT2D eigenvalue weighted by molar-refractivity contribution is 0.0988. The topological polar surface area (TPSA) is 29.1 Å². The van der Waals surface area contributed by atoms with Crippen LogP contribution >= 0.6 is 11.6 Å². The molecule has 0 bridgehead atoms. The van der Waals surface area contributed by atoms with E-state index in [0.29, 0.717) is 17.1 Å². The number of hydrogen-bond donors (Lipinski definition) is 1. The Kier molecular flexibility index (Phi) is 5.33. The average molecular weight is 288 g/mol. The minimum atomic E-state index is 0.0848. The molecule has 0 amide bonds. The third kappa shape index (κ3) is 4.48. The quantitative estimate of drug-likeness (QED) is 0.820. The van der Waals surface area contributed by atoms with E-state index in [2.05, 4.69) is 24.4 Å². The Bertz CT molecular complexity index is 551. The van der Waals surface area contributed by atoms with E-state index in [9.17, 15) is 4.79 Å². The minimum Gasteiger partial charge on any atom is -0.307 e. The number of ketones is 1. The van der Waals surface area contributed by atoms with Gasteiger partial charge in [0, 0.05) is 16.6 Å². The van der Waals surface area contributed by atoms with Crippen LogP contribution in [0.25, 0.3) is 0 Å². The highest BCUT2D eigenvalue weighted by Gasteiger charge is 2.08. The fourth-order valence-corrected chi connectivity index (χ4v) is 2.17. The highest BCUT2D eigenvalue weighted by Crippen LogP contribution is 2.10. The van der Waals surface area contributed by atoms with Gasteiger partial charge in [0.1, 0.15) is 0 Å². The summed E-state index contributed by atoms with van der Waals surface area (Å²) in [4.78, 5) is 12.0. The van der Waals surface area contributed by atoms with E-state index >= 15 is 0 Å². The zero-order valence-corrected chi connectivity index (χ0v) is 12.2. The van der Waals surface area contributed by atoms with Crippen LogP contribution < -0.4 is 5.32 Å². The Hall–Kier alpha value is -1.64. The number of Topliss-reactive ketones (excluding diaryl/α,β-unsaturated/α-hetero) is 1. The Morgan fingerprint density at radius 1 is 1.10 bits per heavy atom. The van der Waals surface area contributed by atoms with Crippen LogP contribution in [-0.4, -0.2) is 18.4 Å². The van der Waals surface area contributed by atoms with E-state index in [-0.39, 0.29) is 11.8 Å². The molecule has 0 unspecified atom stereocenters. The molecule has 2 nitrogen and oxygen atoms in total. The summed E-state index contributed by atoms with van der Waals surface area (Å²) in [5.74, 6) is 0.0848. The standard InChI is InChI=1S/C17H18ClNO/c1-13(11-14-5-3-2-4-6-14)19-12-17(20)15-7-9-16(18)10-8-15/h2-10,13,19H,11-12H2,1H3/t13-/m0/s1. The van der Waals surface area contributed by atoms with Gasteiger partial charge in [-0.2, -0.15) is 0 Å². The monoisotopic (exact) mass is 287 g/mol. The van der Waals surface area contributed by atoms with Crippen molar-refractivity contribution in [3.63, 3.8) is 0 Å². The fraction of sp³-hybridized carbons (Fsp3) is 0.235. The lowest BCUT2D eigenvalue weighted by Gasteiger charge is -2.13. The number of rotatable bonds is 6. The summed E-state index contributed by atoms with van der Waals surface area (Å²) in [7, 11) is 0. The van der Waals surface area contributed by atoms with Crippen LogP contribution in [0.15, 0.2) is 54.6 Å². The first kappa shape index (κ1) is 14.8. The summed E-state index contributed by atoms with van der Waals surface area (Å²) in [6, 6.07) is 17.5. The molecule has 1 atom stereocenters. The molecule has 0 fully saturated rings. The van der Waals surface area contributed by atoms with Crippen molar-refractivity contribution in [2.24, 2.45) is 0 Å². The molecule has 0 saturated carbocycles. The SMILES string of the molecule is C[C@@H](Cc1ccccc1)NCC(=O)c1ccc(Cl)cc1. The molecule has 3 heteroatoms. The minimum absolute atomic E-state index is 0.0848. The summed E-state index contributed by atoms with van der Waals surface area (Å²) in [5, 5.41) is 3.91. The van der Waals surface area contributed by atoms with E-state index in [1.165, 1.54) is 5.56 Å². The van der Waals surface area contributed by atoms with Crippen LogP contribution in [0.1, 0.15) is 22.8 Å². The third-order valence-electron chi connectivity index (χ3n) is 3.16. The van der Waals surface area contributed by atoms with Crippen molar-refractivity contribution >= 4 is 17.4 Å². The highest BCUT2D eigenvalue weighted by molar-refractivity contribution is 6.30. The van der Waals surface area contributed by atoms with E-state index in [1.807, 2.05) is 18.2 Å². The molecule has 2 aromatic carbocycles. The predicted molar refractivity (Wildman–Crippen MR) is 83.4 cm³/mol. The van der Waals surface area contributed by atoms with Crippen molar-refractivity contribution in [1.82, 2.24) is 5.32 Å². The molecule has 104 valence electrons. The maximum absolute atomic E-state index is 12.0. The first-order chi connectivity index (χ1) is 9.65. The normalized spacial score (nSPS) is 12.1. The number of hydrogen-bond acceptors (Lipinski definition) is 2. The zero-order valence-electron chi connectivity index (χ0n) is 11.5. The van der Waals surface area contributed by atoms with Gasteiger partial charge < -0.3 is 5.32 Å². The van der Waals surface area contributed by atoms with Crippen LogP contribution in [-0.2, 0) is 6.42 Å². The molecule has 0 saturated heterocycles. The molecule has 1 N–H and O–H groups in total. The number of benzene rings is 2. The summed E-state index contributed by atoms with van der Waals surface area (Å²) < 4.78 is 0. The number of carbonyl (C=O) groups excluding carboxylic acids is 1. The second-order valence-electron chi connectivity index (χ2n) is 4.90. The second-order valence-corrected chi connectivity index (χ2v) is 5.34. The van der Waals surface area contributed by atoms with Gasteiger partial charge in [-0.25, -0.2) is 0 Å². The van der Waals surface area contributed by atoms with Crippen molar-refractivity contribution in [3.8, 4) is 0 Å². The smallest absolute Gasteiger partial charge is 0.176 e. The maximum atomic E-state index is 12.0. The lowest BCUT2D eigenvalue weighted by atomic mass is 10.1. The Balaban J connectivity index is 1.82. The molecule has 0 spiro atoms. The highest BCUT2D eigenvalue weighted by atomic mass is 35.5. The van der Waals surface area contributed by atoms with E-state index in [4.69, 9.17) is 11.6 Å². The van der Waals surface area contributed by atoms with Crippen LogP contribution in [0.2, 0.25) is 5.02 Å². The first-order valence-electron chi connectivity index (χ1n) is 6.71. The summed E-state index contributed by atoms with van der Waals surface area (Å²) >= 11 is 5.81. The summed E-state index contributed by atoms with van der Waals surface area (Å²) in [6.45, 7) is 2.43. The summed E-state index contributed by atoms with van der Waals surface area (Å²) in [6.07, 6.45) is 0.911. The molecule has 2 rings (SSSR count). The van der Waals surface area contributed by atoms with E-state index in [1.54, 1.807) is 24.3 Å². The van der Waals surface area contributed by atoms with Gasteiger partial charge in [-0.3, -0.25) is 4.79 Å². The lowest BCUT2D eigenvalue weighted by Crippen LogP contribution is -2.33. The van der Waals surface area contributed by atoms with Gasteiger partial charge in [-0.1, -0.05) is 41.9 Å². The van der Waals surface area contributed by atoms with Gasteiger partial charge in [-0.15, -0.1) is 0 Å². The Morgan fingerprint density at radius 2 is 1.75 bits per heavy atom. The fourth-order valence-electron chi connectivity index (χ4n) is 2.04. The maximum Gasteiger partial charge on any atom is 0.176 e. The van der Waals surface area contributed by atoms with Crippen molar-refractivity contribution in [3.05, 3.63) is 70.7 Å². The van der Waals surface area contributed by atoms with Gasteiger partial charge in [0.2, 0.25) is 0 Å². The number of carbonyl (C=O) groups is 1. The van der Waals surface area contributed by atoms with Crippen molar-refractivity contribution < 1.29 is 4.79 Å². The molecule has 2 aromatic rings. The first-order valence-corrected chi connectivity index (χ1v) is 7.09. The molecule has 0 aliphatic rings. The summed E-state index contributed by atoms with van der Waals surface area (Å²) in [5.41, 5.74) is 1.96. The molecular formula is C17H18ClNO. The van der Waals surface area contributed by atoms with Gasteiger partial charge in [0.25, 0.3) is 0 Å². The molecule has 20 heavy (non-hydrogen) atoms. The van der Waals surface area contributed by atoms with Gasteiger partial charge >= 0.3 is 0 Å². The average Bonchev–Trinajstić information content (AvgIpc) is 2.46. The van der Waals surface area contributed by atoms with E-state index in [0.717, 1.165) is 6.42 Å². The van der Waals surface area contributed by atoms with Crippen molar-refractivity contribution in [1.29, 1.82) is 0 Å². The van der Waals surface area contributed by atoms with Crippen LogP contribution in [0, 0.1) is 0 Å². The molecular weight excluding hydrogens is 270 g/mol. The van der Waals surface area contributed by atoms with Crippen LogP contribution in [0.5, 0.6) is 0 Å². The third-order valence-corrected chi connectivity index (χ3v) is 3.41. The second kappa shape index (κ2) is 7.22. The van der Waals surface area contributed by atoms with Gasteiger partial charge in [0.05, 0.1) is 6.54 Å². The van der Waals surface area contributed by atoms with Crippen LogP contribution in [0.3, 0.4) is 0 Å².